The van der Waals surface area contributed by atoms with Crippen LogP contribution in [0.3, 0.4) is 0 Å². The second-order valence-electron chi connectivity index (χ2n) is 8.85. The largest absolute Gasteiger partial charge is 0.507 e. The third-order valence-electron chi connectivity index (χ3n) is 6.62. The van der Waals surface area contributed by atoms with Gasteiger partial charge in [0.2, 0.25) is 0 Å². The Morgan fingerprint density at radius 2 is 1.57 bits per heavy atom. The van der Waals surface area contributed by atoms with E-state index in [2.05, 4.69) is 0 Å². The average molecular weight is 472 g/mol. The Balaban J connectivity index is 1.99. The van der Waals surface area contributed by atoms with E-state index in [1.165, 1.54) is 4.90 Å². The minimum absolute atomic E-state index is 0.0362. The lowest BCUT2D eigenvalue weighted by Gasteiger charge is -2.26. The molecule has 1 atom stereocenters. The van der Waals surface area contributed by atoms with E-state index in [-0.39, 0.29) is 11.3 Å². The molecule has 6 heteroatoms. The highest BCUT2D eigenvalue weighted by atomic mass is 16.5. The van der Waals surface area contributed by atoms with Crippen LogP contribution < -0.4 is 14.4 Å². The molecule has 0 aromatic heterocycles. The van der Waals surface area contributed by atoms with Gasteiger partial charge in [-0.05, 0) is 91.9 Å². The first kappa shape index (κ1) is 24.1. The maximum atomic E-state index is 13.4. The van der Waals surface area contributed by atoms with Crippen molar-refractivity contribution in [1.82, 2.24) is 0 Å². The predicted octanol–water partition coefficient (Wildman–Crippen LogP) is 5.56. The van der Waals surface area contributed by atoms with Crippen LogP contribution in [0.4, 0.5) is 5.69 Å². The molecule has 1 aliphatic heterocycles. The highest BCUT2D eigenvalue weighted by Crippen LogP contribution is 2.43. The standard InChI is InChI=1S/C29H29NO5/c1-16-10-11-21(12-17(16)2)30-26(20-8-7-9-22(15-20)34-5)25(28(32)29(30)33)27(31)23-13-19(4)24(35-6)14-18(23)3/h7-15,26,31H,1-6H3/b27-25+. The molecule has 3 aromatic carbocycles. The van der Waals surface area contributed by atoms with E-state index in [0.717, 1.165) is 22.3 Å². The Hall–Kier alpha value is -4.06. The Labute approximate surface area is 205 Å². The van der Waals surface area contributed by atoms with Gasteiger partial charge in [0.25, 0.3) is 11.7 Å². The van der Waals surface area contributed by atoms with E-state index in [4.69, 9.17) is 9.47 Å². The van der Waals surface area contributed by atoms with Crippen molar-refractivity contribution >= 4 is 23.1 Å². The van der Waals surface area contributed by atoms with Crippen LogP contribution in [-0.2, 0) is 9.59 Å². The third kappa shape index (κ3) is 4.16. The molecule has 1 heterocycles. The number of anilines is 1. The van der Waals surface area contributed by atoms with Crippen LogP contribution in [-0.4, -0.2) is 31.0 Å². The number of ether oxygens (including phenoxy) is 2. The zero-order chi connectivity index (χ0) is 25.4. The molecule has 1 amide bonds. The van der Waals surface area contributed by atoms with Crippen molar-refractivity contribution in [3.05, 3.63) is 93.6 Å². The zero-order valence-corrected chi connectivity index (χ0v) is 20.8. The molecule has 1 fully saturated rings. The SMILES string of the molecule is COc1cccc(C2/C(=C(\O)c3cc(C)c(OC)cc3C)C(=O)C(=O)N2c2ccc(C)c(C)c2)c1. The van der Waals surface area contributed by atoms with Crippen molar-refractivity contribution in [2.75, 3.05) is 19.1 Å². The summed E-state index contributed by atoms with van der Waals surface area (Å²) < 4.78 is 10.8. The molecule has 0 aliphatic carbocycles. The highest BCUT2D eigenvalue weighted by molar-refractivity contribution is 6.51. The fourth-order valence-electron chi connectivity index (χ4n) is 4.51. The number of hydrogen-bond acceptors (Lipinski definition) is 5. The molecule has 35 heavy (non-hydrogen) atoms. The molecule has 0 radical (unpaired) electrons. The summed E-state index contributed by atoms with van der Waals surface area (Å²) >= 11 is 0. The number of rotatable bonds is 5. The van der Waals surface area contributed by atoms with Gasteiger partial charge in [0.1, 0.15) is 17.3 Å². The number of methoxy groups -OCH3 is 2. The first-order valence-electron chi connectivity index (χ1n) is 11.4. The molecule has 4 rings (SSSR count). The van der Waals surface area contributed by atoms with Crippen molar-refractivity contribution in [2.45, 2.75) is 33.7 Å². The van der Waals surface area contributed by atoms with Crippen LogP contribution in [0.1, 0.15) is 39.4 Å². The van der Waals surface area contributed by atoms with Crippen molar-refractivity contribution in [3.8, 4) is 11.5 Å². The van der Waals surface area contributed by atoms with Crippen LogP contribution in [0.5, 0.6) is 11.5 Å². The van der Waals surface area contributed by atoms with Gasteiger partial charge in [-0.25, -0.2) is 0 Å². The fourth-order valence-corrected chi connectivity index (χ4v) is 4.51. The molecule has 1 unspecified atom stereocenters. The topological polar surface area (TPSA) is 76.1 Å². The van der Waals surface area contributed by atoms with Crippen molar-refractivity contribution < 1.29 is 24.2 Å². The van der Waals surface area contributed by atoms with Gasteiger partial charge in [-0.15, -0.1) is 0 Å². The molecule has 0 saturated carbocycles. The van der Waals surface area contributed by atoms with Crippen LogP contribution in [0.25, 0.3) is 5.76 Å². The van der Waals surface area contributed by atoms with Crippen LogP contribution in [0.15, 0.2) is 60.2 Å². The molecule has 6 nitrogen and oxygen atoms in total. The molecular weight excluding hydrogens is 442 g/mol. The Kier molecular flexibility index (Phi) is 6.39. The first-order chi connectivity index (χ1) is 16.7. The molecule has 1 N–H and O–H groups in total. The summed E-state index contributed by atoms with van der Waals surface area (Å²) in [6, 6.07) is 15.6. The number of carbonyl (C=O) groups is 2. The fraction of sp³-hybridized carbons (Fsp3) is 0.241. The normalized spacial score (nSPS) is 17.1. The maximum absolute atomic E-state index is 13.4. The Bertz CT molecular complexity index is 1370. The second kappa shape index (κ2) is 9.29. The van der Waals surface area contributed by atoms with E-state index in [1.807, 2.05) is 58.0 Å². The quantitative estimate of drug-likeness (QED) is 0.299. The number of ketones is 1. The van der Waals surface area contributed by atoms with Gasteiger partial charge in [0, 0.05) is 11.3 Å². The molecule has 3 aromatic rings. The summed E-state index contributed by atoms with van der Waals surface area (Å²) in [7, 11) is 3.14. The number of Topliss-reactive ketones (excluding diaryl/α,β-unsaturated/α-hetero) is 1. The number of nitrogens with zero attached hydrogens (tertiary/aromatic N) is 1. The summed E-state index contributed by atoms with van der Waals surface area (Å²) in [5.74, 6) is -0.374. The van der Waals surface area contributed by atoms with Gasteiger partial charge in [-0.3, -0.25) is 14.5 Å². The average Bonchev–Trinajstić information content (AvgIpc) is 3.12. The molecule has 1 aliphatic rings. The molecule has 0 spiro atoms. The summed E-state index contributed by atoms with van der Waals surface area (Å²) in [5, 5.41) is 11.5. The third-order valence-corrected chi connectivity index (χ3v) is 6.62. The summed E-state index contributed by atoms with van der Waals surface area (Å²) in [5.41, 5.74) is 5.37. The van der Waals surface area contributed by atoms with Gasteiger partial charge in [-0.2, -0.15) is 0 Å². The lowest BCUT2D eigenvalue weighted by Crippen LogP contribution is -2.29. The van der Waals surface area contributed by atoms with Crippen molar-refractivity contribution in [3.63, 3.8) is 0 Å². The van der Waals surface area contributed by atoms with E-state index in [0.29, 0.717) is 28.3 Å². The van der Waals surface area contributed by atoms with E-state index in [1.54, 1.807) is 38.5 Å². The minimum Gasteiger partial charge on any atom is -0.507 e. The summed E-state index contributed by atoms with van der Waals surface area (Å²) in [6.07, 6.45) is 0. The molecule has 0 bridgehead atoms. The number of aryl methyl sites for hydroxylation is 4. The van der Waals surface area contributed by atoms with Gasteiger partial charge in [0.15, 0.2) is 0 Å². The van der Waals surface area contributed by atoms with E-state index >= 15 is 0 Å². The number of hydrogen-bond donors (Lipinski definition) is 1. The number of amides is 1. The number of aliphatic hydroxyl groups is 1. The van der Waals surface area contributed by atoms with Crippen LogP contribution in [0.2, 0.25) is 0 Å². The minimum atomic E-state index is -0.825. The molecule has 180 valence electrons. The Morgan fingerprint density at radius 1 is 0.829 bits per heavy atom. The van der Waals surface area contributed by atoms with Gasteiger partial charge in [-0.1, -0.05) is 18.2 Å². The number of carbonyl (C=O) groups excluding carboxylic acids is 2. The molecule has 1 saturated heterocycles. The van der Waals surface area contributed by atoms with Gasteiger partial charge in [0.05, 0.1) is 25.8 Å². The van der Waals surface area contributed by atoms with Crippen molar-refractivity contribution in [1.29, 1.82) is 0 Å². The lowest BCUT2D eigenvalue weighted by molar-refractivity contribution is -0.132. The number of aliphatic hydroxyl groups excluding tert-OH is 1. The number of benzene rings is 3. The highest BCUT2D eigenvalue weighted by Gasteiger charge is 2.47. The summed E-state index contributed by atoms with van der Waals surface area (Å²) in [6.45, 7) is 7.64. The zero-order valence-electron chi connectivity index (χ0n) is 20.8. The van der Waals surface area contributed by atoms with E-state index in [9.17, 15) is 14.7 Å². The maximum Gasteiger partial charge on any atom is 0.300 e. The van der Waals surface area contributed by atoms with Gasteiger partial charge >= 0.3 is 0 Å². The Morgan fingerprint density at radius 3 is 2.23 bits per heavy atom. The monoisotopic (exact) mass is 471 g/mol. The van der Waals surface area contributed by atoms with Crippen LogP contribution >= 0.6 is 0 Å². The predicted molar refractivity (Wildman–Crippen MR) is 136 cm³/mol. The van der Waals surface area contributed by atoms with Gasteiger partial charge < -0.3 is 14.6 Å². The molecular formula is C29H29NO5. The summed E-state index contributed by atoms with van der Waals surface area (Å²) in [4.78, 5) is 28.3. The van der Waals surface area contributed by atoms with Crippen LogP contribution in [0, 0.1) is 27.7 Å². The van der Waals surface area contributed by atoms with E-state index < -0.39 is 17.7 Å². The first-order valence-corrected chi connectivity index (χ1v) is 11.4. The van der Waals surface area contributed by atoms with Crippen molar-refractivity contribution in [2.24, 2.45) is 0 Å². The second-order valence-corrected chi connectivity index (χ2v) is 8.85. The smallest absolute Gasteiger partial charge is 0.300 e. The lowest BCUT2D eigenvalue weighted by atomic mass is 9.92.